The smallest absolute Gasteiger partial charge is 0.378 e. The summed E-state index contributed by atoms with van der Waals surface area (Å²) >= 11 is 0. The molecule has 188 valence electrons. The summed E-state index contributed by atoms with van der Waals surface area (Å²) in [6, 6.07) is 9.85. The highest BCUT2D eigenvalue weighted by Gasteiger charge is 2.35. The molecule has 35 heavy (non-hydrogen) atoms. The first kappa shape index (κ1) is 23.9. The van der Waals surface area contributed by atoms with Crippen LogP contribution >= 0.6 is 0 Å². The lowest BCUT2D eigenvalue weighted by Crippen LogP contribution is -2.39. The molecule has 1 saturated carbocycles. The lowest BCUT2D eigenvalue weighted by molar-refractivity contribution is -0.188. The van der Waals surface area contributed by atoms with E-state index in [4.69, 9.17) is 9.47 Å². The second-order valence-corrected chi connectivity index (χ2v) is 9.26. The number of pyridine rings is 1. The molecular weight excluding hydrogens is 461 g/mol. The Morgan fingerprint density at radius 3 is 2.66 bits per heavy atom. The van der Waals surface area contributed by atoms with E-state index in [1.165, 1.54) is 0 Å². The Morgan fingerprint density at radius 1 is 1.14 bits per heavy atom. The van der Waals surface area contributed by atoms with E-state index in [1.54, 1.807) is 11.1 Å². The Bertz CT molecular complexity index is 1050. The van der Waals surface area contributed by atoms with Gasteiger partial charge < -0.3 is 24.6 Å². The van der Waals surface area contributed by atoms with Crippen molar-refractivity contribution >= 4 is 28.8 Å². The number of hydrogen-bond acceptors (Lipinski definition) is 6. The van der Waals surface area contributed by atoms with Crippen molar-refractivity contribution in [2.24, 2.45) is 5.92 Å². The molecule has 2 fully saturated rings. The van der Waals surface area contributed by atoms with Crippen molar-refractivity contribution in [2.45, 2.75) is 44.5 Å². The fraction of sp³-hybridized carbons (Fsp3) is 0.520. The van der Waals surface area contributed by atoms with Gasteiger partial charge in [0.2, 0.25) is 5.91 Å². The third-order valence-electron chi connectivity index (χ3n) is 6.89. The van der Waals surface area contributed by atoms with E-state index in [0.29, 0.717) is 51.3 Å². The van der Waals surface area contributed by atoms with Crippen LogP contribution in [0.15, 0.2) is 36.5 Å². The second kappa shape index (κ2) is 10.0. The summed E-state index contributed by atoms with van der Waals surface area (Å²) in [7, 11) is 0. The molecule has 7 nitrogen and oxygen atoms in total. The Kier molecular flexibility index (Phi) is 6.84. The lowest BCUT2D eigenvalue weighted by atomic mass is 9.86. The van der Waals surface area contributed by atoms with Gasteiger partial charge in [-0.15, -0.1) is 0 Å². The number of anilines is 4. The van der Waals surface area contributed by atoms with Crippen molar-refractivity contribution in [1.29, 1.82) is 0 Å². The summed E-state index contributed by atoms with van der Waals surface area (Å²) in [5.41, 5.74) is 3.52. The first-order valence-corrected chi connectivity index (χ1v) is 12.0. The number of hydrogen-bond donors (Lipinski definition) is 1. The Morgan fingerprint density at radius 2 is 1.91 bits per heavy atom. The maximum atomic E-state index is 13.8. The zero-order valence-corrected chi connectivity index (χ0v) is 19.4. The van der Waals surface area contributed by atoms with Crippen LogP contribution in [0.2, 0.25) is 0 Å². The third kappa shape index (κ3) is 5.54. The van der Waals surface area contributed by atoms with Crippen LogP contribution in [-0.2, 0) is 20.8 Å². The molecule has 0 bridgehead atoms. The van der Waals surface area contributed by atoms with Crippen LogP contribution in [0.3, 0.4) is 0 Å². The molecule has 1 saturated heterocycles. The second-order valence-electron chi connectivity index (χ2n) is 9.26. The van der Waals surface area contributed by atoms with Crippen molar-refractivity contribution < 1.29 is 27.4 Å². The number of carbonyl (C=O) groups excluding carboxylic acids is 1. The molecule has 2 aliphatic heterocycles. The first-order valence-electron chi connectivity index (χ1n) is 12.0. The molecule has 2 aromatic rings. The predicted molar refractivity (Wildman–Crippen MR) is 126 cm³/mol. The predicted octanol–water partition coefficient (Wildman–Crippen LogP) is 4.65. The fourth-order valence-corrected chi connectivity index (χ4v) is 5.03. The SMILES string of the molecule is O=C([C@H]1CC[C@@H](OCC(F)(F)F)CC1)N1Cc2cccnc2Nc2ccc(N3CCOCC3)cc21. The van der Waals surface area contributed by atoms with Gasteiger partial charge in [0.1, 0.15) is 12.4 Å². The molecule has 1 aliphatic carbocycles. The molecule has 1 N–H and O–H groups in total. The summed E-state index contributed by atoms with van der Waals surface area (Å²) in [5, 5.41) is 3.38. The van der Waals surface area contributed by atoms with E-state index < -0.39 is 18.9 Å². The number of nitrogens with zero attached hydrogens (tertiary/aromatic N) is 3. The van der Waals surface area contributed by atoms with Crippen LogP contribution in [0, 0.1) is 5.92 Å². The van der Waals surface area contributed by atoms with Crippen molar-refractivity contribution in [3.05, 3.63) is 42.1 Å². The number of carbonyl (C=O) groups is 1. The molecule has 10 heteroatoms. The van der Waals surface area contributed by atoms with Gasteiger partial charge in [0.05, 0.1) is 37.2 Å². The van der Waals surface area contributed by atoms with E-state index in [9.17, 15) is 18.0 Å². The van der Waals surface area contributed by atoms with Gasteiger partial charge in [0.25, 0.3) is 0 Å². The minimum atomic E-state index is -4.34. The number of amides is 1. The molecule has 0 unspecified atom stereocenters. The molecular formula is C25H29F3N4O3. The highest BCUT2D eigenvalue weighted by molar-refractivity contribution is 6.00. The maximum absolute atomic E-state index is 13.8. The summed E-state index contributed by atoms with van der Waals surface area (Å²) < 4.78 is 48.1. The van der Waals surface area contributed by atoms with Crippen LogP contribution in [0.25, 0.3) is 0 Å². The Balaban J connectivity index is 1.38. The summed E-state index contributed by atoms with van der Waals surface area (Å²) in [6.45, 7) is 2.02. The van der Waals surface area contributed by atoms with Crippen LogP contribution < -0.4 is 15.1 Å². The fourth-order valence-electron chi connectivity index (χ4n) is 5.03. The Hall–Kier alpha value is -2.85. The molecule has 5 rings (SSSR count). The van der Waals surface area contributed by atoms with Gasteiger partial charge in [-0.2, -0.15) is 13.2 Å². The van der Waals surface area contributed by atoms with E-state index in [2.05, 4.69) is 15.2 Å². The monoisotopic (exact) mass is 490 g/mol. The number of ether oxygens (including phenoxy) is 2. The standard InChI is InChI=1S/C25H29F3N4O3/c26-25(27,28)16-35-20-6-3-17(4-7-20)24(33)32-15-18-2-1-9-29-23(18)30-21-8-5-19(14-22(21)32)31-10-12-34-13-11-31/h1-2,5,8-9,14,17,20H,3-4,6-7,10-13,15-16H2,(H,29,30)/t17-,20+. The van der Waals surface area contributed by atoms with Crippen molar-refractivity contribution in [1.82, 2.24) is 4.98 Å². The van der Waals surface area contributed by atoms with E-state index >= 15 is 0 Å². The minimum Gasteiger partial charge on any atom is -0.378 e. The number of fused-ring (bicyclic) bond motifs is 2. The van der Waals surface area contributed by atoms with E-state index in [1.807, 2.05) is 30.3 Å². The van der Waals surface area contributed by atoms with Gasteiger partial charge >= 0.3 is 6.18 Å². The topological polar surface area (TPSA) is 66.9 Å². The molecule has 3 heterocycles. The number of benzene rings is 1. The van der Waals surface area contributed by atoms with Gasteiger partial charge in [-0.05, 0) is 49.9 Å². The number of morpholine rings is 1. The number of rotatable bonds is 4. The van der Waals surface area contributed by atoms with E-state index in [-0.39, 0.29) is 11.8 Å². The summed E-state index contributed by atoms with van der Waals surface area (Å²) in [6.07, 6.45) is -1.19. The number of aromatic nitrogens is 1. The quantitative estimate of drug-likeness (QED) is 0.673. The molecule has 0 spiro atoms. The lowest BCUT2D eigenvalue weighted by Gasteiger charge is -2.33. The van der Waals surface area contributed by atoms with Gasteiger partial charge in [0.15, 0.2) is 0 Å². The van der Waals surface area contributed by atoms with Crippen molar-refractivity contribution in [2.75, 3.05) is 48.0 Å². The maximum Gasteiger partial charge on any atom is 0.411 e. The molecule has 1 aromatic carbocycles. The van der Waals surface area contributed by atoms with E-state index in [0.717, 1.165) is 35.7 Å². The number of nitrogens with one attached hydrogen (secondary N) is 1. The minimum absolute atomic E-state index is 0.0156. The summed E-state index contributed by atoms with van der Waals surface area (Å²) in [4.78, 5) is 22.3. The van der Waals surface area contributed by atoms with Crippen LogP contribution in [0.1, 0.15) is 31.2 Å². The molecule has 0 radical (unpaired) electrons. The highest BCUT2D eigenvalue weighted by Crippen LogP contribution is 2.40. The molecule has 1 amide bonds. The zero-order valence-electron chi connectivity index (χ0n) is 19.4. The molecule has 3 aliphatic rings. The number of alkyl halides is 3. The van der Waals surface area contributed by atoms with Gasteiger partial charge in [-0.3, -0.25) is 4.79 Å². The first-order chi connectivity index (χ1) is 16.9. The normalized spacial score (nSPS) is 22.6. The largest absolute Gasteiger partial charge is 0.411 e. The molecule has 1 aromatic heterocycles. The van der Waals surface area contributed by atoms with Gasteiger partial charge in [0, 0.05) is 36.5 Å². The summed E-state index contributed by atoms with van der Waals surface area (Å²) in [5.74, 6) is 0.435. The van der Waals surface area contributed by atoms with Crippen LogP contribution in [0.4, 0.5) is 36.1 Å². The van der Waals surface area contributed by atoms with Crippen LogP contribution in [0.5, 0.6) is 0 Å². The average Bonchev–Trinajstić information content (AvgIpc) is 3.04. The zero-order chi connectivity index (χ0) is 24.4. The van der Waals surface area contributed by atoms with Crippen molar-refractivity contribution in [3.8, 4) is 0 Å². The van der Waals surface area contributed by atoms with Gasteiger partial charge in [-0.1, -0.05) is 6.07 Å². The highest BCUT2D eigenvalue weighted by atomic mass is 19.4. The third-order valence-corrected chi connectivity index (χ3v) is 6.89. The molecule has 0 atom stereocenters. The van der Waals surface area contributed by atoms with Crippen LogP contribution in [-0.4, -0.2) is 56.1 Å². The van der Waals surface area contributed by atoms with Gasteiger partial charge in [-0.25, -0.2) is 4.98 Å². The van der Waals surface area contributed by atoms with Crippen molar-refractivity contribution in [3.63, 3.8) is 0 Å². The average molecular weight is 491 g/mol. The number of halogens is 3. The Labute approximate surface area is 202 Å².